The molecule has 144 valence electrons. The van der Waals surface area contributed by atoms with Gasteiger partial charge in [-0.05, 0) is 25.5 Å². The van der Waals surface area contributed by atoms with E-state index < -0.39 is 0 Å². The molecule has 0 amide bonds. The minimum Gasteiger partial charge on any atom is -0.374 e. The molecule has 1 saturated heterocycles. The van der Waals surface area contributed by atoms with E-state index in [-0.39, 0.29) is 6.10 Å². The summed E-state index contributed by atoms with van der Waals surface area (Å²) >= 11 is 0. The fraction of sp³-hybridized carbons (Fsp3) is 0.526. The maximum atomic E-state index is 5.39. The average Bonchev–Trinajstić information content (AvgIpc) is 3.20. The highest BCUT2D eigenvalue weighted by Crippen LogP contribution is 2.22. The van der Waals surface area contributed by atoms with Crippen LogP contribution in [0, 0.1) is 0 Å². The molecule has 1 aliphatic heterocycles. The summed E-state index contributed by atoms with van der Waals surface area (Å²) in [6, 6.07) is 8.27. The molecule has 1 atom stereocenters. The highest BCUT2D eigenvalue weighted by atomic mass is 16.5. The number of imidazole rings is 1. The van der Waals surface area contributed by atoms with Crippen molar-refractivity contribution < 1.29 is 9.26 Å². The Balaban J connectivity index is 1.43. The Morgan fingerprint density at radius 2 is 2.00 bits per heavy atom. The van der Waals surface area contributed by atoms with Gasteiger partial charge in [-0.3, -0.25) is 4.90 Å². The Morgan fingerprint density at radius 1 is 1.15 bits per heavy atom. The van der Waals surface area contributed by atoms with Crippen LogP contribution in [-0.4, -0.2) is 57.9 Å². The highest BCUT2D eigenvalue weighted by molar-refractivity contribution is 5.78. The van der Waals surface area contributed by atoms with Gasteiger partial charge >= 0.3 is 0 Å². The normalized spacial score (nSPS) is 17.4. The van der Waals surface area contributed by atoms with Crippen molar-refractivity contribution in [2.45, 2.75) is 26.0 Å². The molecule has 8 heteroatoms. The topological polar surface area (TPSA) is 72.5 Å². The van der Waals surface area contributed by atoms with Crippen LogP contribution < -0.4 is 4.90 Å². The number of aromatic nitrogens is 4. The lowest BCUT2D eigenvalue weighted by Gasteiger charge is -2.22. The van der Waals surface area contributed by atoms with E-state index >= 15 is 0 Å². The maximum absolute atomic E-state index is 5.39. The van der Waals surface area contributed by atoms with Gasteiger partial charge in [0.25, 0.3) is 0 Å². The van der Waals surface area contributed by atoms with Crippen LogP contribution in [0.15, 0.2) is 28.8 Å². The quantitative estimate of drug-likeness (QED) is 0.683. The van der Waals surface area contributed by atoms with Gasteiger partial charge in [0.15, 0.2) is 5.82 Å². The predicted molar refractivity (Wildman–Crippen MR) is 103 cm³/mol. The van der Waals surface area contributed by atoms with Crippen molar-refractivity contribution in [2.24, 2.45) is 7.05 Å². The third kappa shape index (κ3) is 3.68. The second kappa shape index (κ2) is 7.66. The lowest BCUT2D eigenvalue weighted by molar-refractivity contribution is 0.109. The first-order chi connectivity index (χ1) is 13.2. The second-order valence-electron chi connectivity index (χ2n) is 7.00. The smallest absolute Gasteiger partial charge is 0.240 e. The van der Waals surface area contributed by atoms with Crippen LogP contribution in [0.4, 0.5) is 5.95 Å². The first-order valence-electron chi connectivity index (χ1n) is 9.39. The monoisotopic (exact) mass is 370 g/mol. The number of aryl methyl sites for hydroxylation is 1. The van der Waals surface area contributed by atoms with Crippen LogP contribution >= 0.6 is 0 Å². The zero-order valence-corrected chi connectivity index (χ0v) is 16.1. The number of ether oxygens (including phenoxy) is 1. The minimum atomic E-state index is -0.153. The number of methoxy groups -OCH3 is 1. The molecule has 8 nitrogen and oxygen atoms in total. The van der Waals surface area contributed by atoms with Gasteiger partial charge in [-0.15, -0.1) is 0 Å². The van der Waals surface area contributed by atoms with Crippen molar-refractivity contribution in [3.63, 3.8) is 0 Å². The van der Waals surface area contributed by atoms with Gasteiger partial charge in [0.1, 0.15) is 6.10 Å². The Kier molecular flexibility index (Phi) is 5.09. The number of para-hydroxylation sites is 2. The number of anilines is 1. The van der Waals surface area contributed by atoms with Crippen molar-refractivity contribution in [3.8, 4) is 0 Å². The molecule has 0 N–H and O–H groups in total. The van der Waals surface area contributed by atoms with Crippen LogP contribution in [0.3, 0.4) is 0 Å². The van der Waals surface area contributed by atoms with E-state index in [2.05, 4.69) is 49.8 Å². The molecule has 1 aromatic carbocycles. The summed E-state index contributed by atoms with van der Waals surface area (Å²) < 4.78 is 12.8. The molecule has 1 fully saturated rings. The van der Waals surface area contributed by atoms with Crippen molar-refractivity contribution in [1.82, 2.24) is 24.6 Å². The van der Waals surface area contributed by atoms with E-state index in [9.17, 15) is 0 Å². The van der Waals surface area contributed by atoms with Crippen LogP contribution in [0.5, 0.6) is 0 Å². The third-order valence-corrected chi connectivity index (χ3v) is 5.19. The molecule has 2 aromatic heterocycles. The molecule has 3 aromatic rings. The second-order valence-corrected chi connectivity index (χ2v) is 7.00. The lowest BCUT2D eigenvalue weighted by atomic mass is 10.3. The molecule has 0 radical (unpaired) electrons. The molecule has 0 saturated carbocycles. The van der Waals surface area contributed by atoms with Crippen LogP contribution in [0.2, 0.25) is 0 Å². The highest BCUT2D eigenvalue weighted by Gasteiger charge is 2.21. The van der Waals surface area contributed by atoms with Crippen molar-refractivity contribution in [1.29, 1.82) is 0 Å². The predicted octanol–water partition coefficient (Wildman–Crippen LogP) is 2.38. The van der Waals surface area contributed by atoms with Crippen LogP contribution in [0.1, 0.15) is 31.2 Å². The van der Waals surface area contributed by atoms with Crippen molar-refractivity contribution >= 4 is 17.0 Å². The summed E-state index contributed by atoms with van der Waals surface area (Å²) in [5, 5.41) is 4.01. The summed E-state index contributed by atoms with van der Waals surface area (Å²) in [4.78, 5) is 14.0. The first-order valence-corrected chi connectivity index (χ1v) is 9.39. The molecule has 27 heavy (non-hydrogen) atoms. The largest absolute Gasteiger partial charge is 0.374 e. The standard InChI is InChI=1S/C19H26N6O2/c1-14(26-3)18-21-17(27-22-18)13-24-9-6-10-25(12-11-24)19-20-15-7-4-5-8-16(15)23(19)2/h4-5,7-8,14H,6,9-13H2,1-3H3. The number of rotatable bonds is 5. The fourth-order valence-corrected chi connectivity index (χ4v) is 3.54. The number of nitrogens with zero attached hydrogens (tertiary/aromatic N) is 6. The maximum Gasteiger partial charge on any atom is 0.240 e. The van der Waals surface area contributed by atoms with Gasteiger partial charge in [-0.25, -0.2) is 4.98 Å². The molecule has 0 bridgehead atoms. The summed E-state index contributed by atoms with van der Waals surface area (Å²) in [6.45, 7) is 6.42. The van der Waals surface area contributed by atoms with Gasteiger partial charge in [0.2, 0.25) is 11.8 Å². The SMILES string of the molecule is COC(C)c1noc(CN2CCCN(c3nc4ccccc4n3C)CC2)n1. The molecule has 0 spiro atoms. The number of benzene rings is 1. The Morgan fingerprint density at radius 3 is 2.81 bits per heavy atom. The number of hydrogen-bond donors (Lipinski definition) is 0. The van der Waals surface area contributed by atoms with E-state index in [1.165, 1.54) is 5.52 Å². The summed E-state index contributed by atoms with van der Waals surface area (Å²) in [5.74, 6) is 2.28. The fourth-order valence-electron chi connectivity index (χ4n) is 3.54. The molecule has 3 heterocycles. The van der Waals surface area contributed by atoms with Gasteiger partial charge in [-0.2, -0.15) is 4.98 Å². The summed E-state index contributed by atoms with van der Waals surface area (Å²) in [5.41, 5.74) is 2.21. The van der Waals surface area contributed by atoms with E-state index in [1.54, 1.807) is 7.11 Å². The molecular formula is C19H26N6O2. The molecule has 4 rings (SSSR count). The Hall–Kier alpha value is -2.45. The lowest BCUT2D eigenvalue weighted by Crippen LogP contribution is -2.32. The molecular weight excluding hydrogens is 344 g/mol. The van der Waals surface area contributed by atoms with E-state index in [4.69, 9.17) is 14.2 Å². The van der Waals surface area contributed by atoms with Crippen molar-refractivity contribution in [3.05, 3.63) is 36.0 Å². The van der Waals surface area contributed by atoms with E-state index in [0.717, 1.165) is 44.1 Å². The van der Waals surface area contributed by atoms with Gasteiger partial charge in [-0.1, -0.05) is 17.3 Å². The number of fused-ring (bicyclic) bond motifs is 1. The summed E-state index contributed by atoms with van der Waals surface area (Å²) in [6.07, 6.45) is 0.915. The van der Waals surface area contributed by atoms with Crippen LogP contribution in [-0.2, 0) is 18.3 Å². The Bertz CT molecular complexity index is 905. The van der Waals surface area contributed by atoms with Crippen molar-refractivity contribution in [2.75, 3.05) is 38.2 Å². The molecule has 0 aliphatic carbocycles. The first kappa shape index (κ1) is 17.9. The minimum absolute atomic E-state index is 0.153. The zero-order valence-electron chi connectivity index (χ0n) is 16.1. The Labute approximate surface area is 158 Å². The zero-order chi connectivity index (χ0) is 18.8. The van der Waals surface area contributed by atoms with Crippen LogP contribution in [0.25, 0.3) is 11.0 Å². The van der Waals surface area contributed by atoms with Gasteiger partial charge in [0, 0.05) is 40.3 Å². The molecule has 1 unspecified atom stereocenters. The van der Waals surface area contributed by atoms with E-state index in [1.807, 2.05) is 13.0 Å². The molecule has 1 aliphatic rings. The third-order valence-electron chi connectivity index (χ3n) is 5.19. The van der Waals surface area contributed by atoms with Gasteiger partial charge in [0.05, 0.1) is 17.6 Å². The summed E-state index contributed by atoms with van der Waals surface area (Å²) in [7, 11) is 3.73. The average molecular weight is 370 g/mol. The number of hydrogen-bond acceptors (Lipinski definition) is 7. The van der Waals surface area contributed by atoms with Gasteiger partial charge < -0.3 is 18.7 Å². The van der Waals surface area contributed by atoms with E-state index in [0.29, 0.717) is 18.3 Å².